The van der Waals surface area contributed by atoms with Crippen molar-refractivity contribution in [1.82, 2.24) is 0 Å². The smallest absolute Gasteiger partial charge is 0.237 e. The molecule has 138 valence electrons. The van der Waals surface area contributed by atoms with Gasteiger partial charge in [0, 0.05) is 5.69 Å². The van der Waals surface area contributed by atoms with E-state index in [2.05, 4.69) is 17.6 Å². The van der Waals surface area contributed by atoms with Crippen molar-refractivity contribution < 1.29 is 14.3 Å². The Labute approximate surface area is 158 Å². The van der Waals surface area contributed by atoms with Crippen molar-refractivity contribution in [3.63, 3.8) is 0 Å². The third-order valence-electron chi connectivity index (χ3n) is 3.84. The molecule has 0 fully saturated rings. The lowest BCUT2D eigenvalue weighted by Crippen LogP contribution is -2.25. The maximum atomic E-state index is 12.3. The Balaban J connectivity index is 1.81. The van der Waals surface area contributed by atoms with Crippen LogP contribution >= 0.6 is 11.8 Å². The third kappa shape index (κ3) is 5.81. The maximum absolute atomic E-state index is 12.3. The summed E-state index contributed by atoms with van der Waals surface area (Å²) in [7, 11) is 1.56. The summed E-state index contributed by atoms with van der Waals surface area (Å²) in [6.45, 7) is 3.86. The van der Waals surface area contributed by atoms with E-state index in [1.165, 1.54) is 17.3 Å². The summed E-state index contributed by atoms with van der Waals surface area (Å²) in [5, 5.41) is 5.31. The van der Waals surface area contributed by atoms with Crippen molar-refractivity contribution in [3.05, 3.63) is 54.1 Å². The van der Waals surface area contributed by atoms with Crippen molar-refractivity contribution in [1.29, 1.82) is 0 Å². The zero-order valence-electron chi connectivity index (χ0n) is 15.2. The summed E-state index contributed by atoms with van der Waals surface area (Å²) in [5.74, 6) is 0.512. The zero-order valence-corrected chi connectivity index (χ0v) is 16.1. The van der Waals surface area contributed by atoms with Crippen LogP contribution in [-0.2, 0) is 16.0 Å². The molecule has 0 radical (unpaired) electrons. The summed E-state index contributed by atoms with van der Waals surface area (Å²) < 4.78 is 5.22. The van der Waals surface area contributed by atoms with E-state index < -0.39 is 0 Å². The lowest BCUT2D eigenvalue weighted by atomic mass is 10.1. The van der Waals surface area contributed by atoms with Crippen molar-refractivity contribution in [2.75, 3.05) is 23.5 Å². The molecular weight excluding hydrogens is 348 g/mol. The number of nitrogens with one attached hydrogen (secondary N) is 2. The highest BCUT2D eigenvalue weighted by molar-refractivity contribution is 8.01. The van der Waals surface area contributed by atoms with Gasteiger partial charge in [0.1, 0.15) is 5.75 Å². The highest BCUT2D eigenvalue weighted by Crippen LogP contribution is 2.24. The van der Waals surface area contributed by atoms with Crippen LogP contribution in [0.15, 0.2) is 48.5 Å². The molecule has 0 bridgehead atoms. The Bertz CT molecular complexity index is 747. The molecule has 0 heterocycles. The summed E-state index contributed by atoms with van der Waals surface area (Å²) in [6.07, 6.45) is 0.961. The second kappa shape index (κ2) is 9.87. The number of hydrogen-bond donors (Lipinski definition) is 2. The number of carbonyl (C=O) groups is 2. The summed E-state index contributed by atoms with van der Waals surface area (Å²) in [5.41, 5.74) is 2.60. The van der Waals surface area contributed by atoms with E-state index in [-0.39, 0.29) is 22.8 Å². The van der Waals surface area contributed by atoms with Gasteiger partial charge >= 0.3 is 0 Å². The topological polar surface area (TPSA) is 67.4 Å². The molecule has 2 aromatic rings. The number of benzene rings is 2. The van der Waals surface area contributed by atoms with Gasteiger partial charge in [0.15, 0.2) is 0 Å². The first-order valence-electron chi connectivity index (χ1n) is 8.47. The molecule has 1 atom stereocenters. The number of anilines is 2. The Kier molecular flexibility index (Phi) is 7.53. The number of rotatable bonds is 8. The zero-order chi connectivity index (χ0) is 18.9. The minimum absolute atomic E-state index is 0.129. The van der Waals surface area contributed by atoms with Crippen LogP contribution < -0.4 is 15.4 Å². The minimum atomic E-state index is -0.367. The van der Waals surface area contributed by atoms with Gasteiger partial charge in [-0.15, -0.1) is 11.8 Å². The SMILES string of the molecule is CCc1ccc(NC(=O)CSC(C)C(=O)Nc2ccccc2OC)cc1. The van der Waals surface area contributed by atoms with Crippen LogP contribution in [0.4, 0.5) is 11.4 Å². The van der Waals surface area contributed by atoms with Gasteiger partial charge in [-0.2, -0.15) is 0 Å². The lowest BCUT2D eigenvalue weighted by Gasteiger charge is -2.14. The standard InChI is InChI=1S/C20H24N2O3S/c1-4-15-9-11-16(12-10-15)21-19(23)13-26-14(2)20(24)22-17-7-5-6-8-18(17)25-3/h5-12,14H,4,13H2,1-3H3,(H,21,23)(H,22,24). The molecule has 5 nitrogen and oxygen atoms in total. The van der Waals surface area contributed by atoms with Gasteiger partial charge < -0.3 is 15.4 Å². The molecule has 2 rings (SSSR count). The first-order chi connectivity index (χ1) is 12.5. The van der Waals surface area contributed by atoms with Crippen molar-refractivity contribution in [3.8, 4) is 5.75 Å². The van der Waals surface area contributed by atoms with E-state index in [9.17, 15) is 9.59 Å². The quantitative estimate of drug-likeness (QED) is 0.736. The Hall–Kier alpha value is -2.47. The molecule has 0 aliphatic heterocycles. The molecule has 26 heavy (non-hydrogen) atoms. The van der Waals surface area contributed by atoms with Crippen LogP contribution in [0, 0.1) is 0 Å². The molecule has 0 aromatic heterocycles. The summed E-state index contributed by atoms with van der Waals surface area (Å²) in [6, 6.07) is 15.0. The van der Waals surface area contributed by atoms with Gasteiger partial charge in [-0.05, 0) is 43.2 Å². The molecule has 0 spiro atoms. The Morgan fingerprint density at radius 1 is 1.08 bits per heavy atom. The number of carbonyl (C=O) groups excluding carboxylic acids is 2. The number of hydrogen-bond acceptors (Lipinski definition) is 4. The normalized spacial score (nSPS) is 11.5. The second-order valence-electron chi connectivity index (χ2n) is 5.74. The van der Waals surface area contributed by atoms with Gasteiger partial charge in [-0.1, -0.05) is 31.2 Å². The van der Waals surface area contributed by atoms with E-state index in [1.54, 1.807) is 26.2 Å². The molecule has 0 saturated heterocycles. The molecule has 0 aliphatic rings. The van der Waals surface area contributed by atoms with Crippen LogP contribution in [-0.4, -0.2) is 29.9 Å². The average Bonchev–Trinajstić information content (AvgIpc) is 2.67. The fraction of sp³-hybridized carbons (Fsp3) is 0.300. The van der Waals surface area contributed by atoms with E-state index in [0.29, 0.717) is 11.4 Å². The highest BCUT2D eigenvalue weighted by atomic mass is 32.2. The van der Waals surface area contributed by atoms with Crippen LogP contribution in [0.5, 0.6) is 5.75 Å². The number of amides is 2. The van der Waals surface area contributed by atoms with Crippen molar-refractivity contribution >= 4 is 35.0 Å². The summed E-state index contributed by atoms with van der Waals surface area (Å²) >= 11 is 1.29. The number of methoxy groups -OCH3 is 1. The molecule has 1 unspecified atom stereocenters. The van der Waals surface area contributed by atoms with Gasteiger partial charge in [-0.3, -0.25) is 9.59 Å². The maximum Gasteiger partial charge on any atom is 0.237 e. The van der Waals surface area contributed by atoms with E-state index in [0.717, 1.165) is 12.1 Å². The van der Waals surface area contributed by atoms with Gasteiger partial charge in [0.2, 0.25) is 11.8 Å². The molecule has 6 heteroatoms. The monoisotopic (exact) mass is 372 g/mol. The number of aryl methyl sites for hydroxylation is 1. The van der Waals surface area contributed by atoms with E-state index in [4.69, 9.17) is 4.74 Å². The predicted molar refractivity (Wildman–Crippen MR) is 108 cm³/mol. The second-order valence-corrected chi connectivity index (χ2v) is 7.07. The first kappa shape index (κ1) is 19.8. The van der Waals surface area contributed by atoms with Gasteiger partial charge in [0.25, 0.3) is 0 Å². The van der Waals surface area contributed by atoms with Gasteiger partial charge in [-0.25, -0.2) is 0 Å². The van der Waals surface area contributed by atoms with E-state index in [1.807, 2.05) is 36.4 Å². The van der Waals surface area contributed by atoms with Crippen LogP contribution in [0.1, 0.15) is 19.4 Å². The Morgan fingerprint density at radius 2 is 1.77 bits per heavy atom. The predicted octanol–water partition coefficient (Wildman–Crippen LogP) is 3.96. The largest absolute Gasteiger partial charge is 0.495 e. The highest BCUT2D eigenvalue weighted by Gasteiger charge is 2.17. The van der Waals surface area contributed by atoms with E-state index >= 15 is 0 Å². The van der Waals surface area contributed by atoms with Crippen molar-refractivity contribution in [2.45, 2.75) is 25.5 Å². The first-order valence-corrected chi connectivity index (χ1v) is 9.52. The number of thioether (sulfide) groups is 1. The number of para-hydroxylation sites is 2. The molecule has 2 aromatic carbocycles. The molecular formula is C20H24N2O3S. The third-order valence-corrected chi connectivity index (χ3v) is 4.99. The fourth-order valence-electron chi connectivity index (χ4n) is 2.28. The van der Waals surface area contributed by atoms with Crippen LogP contribution in [0.25, 0.3) is 0 Å². The lowest BCUT2D eigenvalue weighted by molar-refractivity contribution is -0.115. The molecule has 0 aliphatic carbocycles. The van der Waals surface area contributed by atoms with Crippen molar-refractivity contribution in [2.24, 2.45) is 0 Å². The minimum Gasteiger partial charge on any atom is -0.495 e. The summed E-state index contributed by atoms with van der Waals surface area (Å²) in [4.78, 5) is 24.4. The van der Waals surface area contributed by atoms with Gasteiger partial charge in [0.05, 0.1) is 23.8 Å². The van der Waals surface area contributed by atoms with Crippen LogP contribution in [0.2, 0.25) is 0 Å². The fourth-order valence-corrected chi connectivity index (χ4v) is 2.96. The molecule has 2 N–H and O–H groups in total. The van der Waals surface area contributed by atoms with Crippen LogP contribution in [0.3, 0.4) is 0 Å². The Morgan fingerprint density at radius 3 is 2.42 bits per heavy atom. The molecule has 0 saturated carbocycles. The molecule has 2 amide bonds. The average molecular weight is 372 g/mol. The number of ether oxygens (including phenoxy) is 1.